The van der Waals surface area contributed by atoms with Gasteiger partial charge in [-0.1, -0.05) is 0 Å². The number of hydrogen-bond donors (Lipinski definition) is 1. The number of rotatable bonds is 0. The van der Waals surface area contributed by atoms with Crippen LogP contribution in [0, 0.1) is 6.92 Å². The molecular weight excluding hydrogens is 128 g/mol. The number of imidazole rings is 1. The van der Waals surface area contributed by atoms with E-state index < -0.39 is 0 Å². The van der Waals surface area contributed by atoms with Crippen molar-refractivity contribution in [1.29, 1.82) is 0 Å². The second-order valence-electron chi connectivity index (χ2n) is 2.09. The van der Waals surface area contributed by atoms with Gasteiger partial charge in [-0.2, -0.15) is 10.2 Å². The molecule has 0 aliphatic carbocycles. The topological polar surface area (TPSA) is 54.5 Å². The summed E-state index contributed by atoms with van der Waals surface area (Å²) in [6.45, 7) is 1.89. The lowest BCUT2D eigenvalue weighted by Gasteiger charge is -1.88. The summed E-state index contributed by atoms with van der Waals surface area (Å²) in [5.41, 5.74) is 2.70. The van der Waals surface area contributed by atoms with Crippen LogP contribution in [0.3, 0.4) is 0 Å². The highest BCUT2D eigenvalue weighted by molar-refractivity contribution is 5.74. The highest BCUT2D eigenvalue weighted by Crippen LogP contribution is 2.07. The first kappa shape index (κ1) is 5.34. The Labute approximate surface area is 57.3 Å². The van der Waals surface area contributed by atoms with Crippen molar-refractivity contribution < 1.29 is 0 Å². The van der Waals surface area contributed by atoms with Crippen molar-refractivity contribution in [3.8, 4) is 0 Å². The van der Waals surface area contributed by atoms with Crippen molar-refractivity contribution in [2.45, 2.75) is 6.92 Å². The molecule has 2 rings (SSSR count). The van der Waals surface area contributed by atoms with Crippen molar-refractivity contribution in [2.24, 2.45) is 0 Å². The van der Waals surface area contributed by atoms with Crippen LogP contribution in [-0.4, -0.2) is 20.2 Å². The van der Waals surface area contributed by atoms with Crippen LogP contribution in [0.4, 0.5) is 0 Å². The Bertz CT molecular complexity index is 351. The Kier molecular flexibility index (Phi) is 0.943. The Morgan fingerprint density at radius 3 is 3.20 bits per heavy atom. The van der Waals surface area contributed by atoms with Gasteiger partial charge < -0.3 is 4.98 Å². The predicted molar refractivity (Wildman–Crippen MR) is 36.4 cm³/mol. The van der Waals surface area contributed by atoms with Crippen LogP contribution >= 0.6 is 0 Å². The number of fused-ring (bicyclic) bond motifs is 1. The third kappa shape index (κ3) is 0.586. The van der Waals surface area contributed by atoms with E-state index >= 15 is 0 Å². The molecule has 0 bridgehead atoms. The number of hydrogen-bond acceptors (Lipinski definition) is 3. The van der Waals surface area contributed by atoms with E-state index in [4.69, 9.17) is 0 Å². The van der Waals surface area contributed by atoms with Gasteiger partial charge in [0.2, 0.25) is 0 Å². The minimum Gasteiger partial charge on any atom is -0.343 e. The third-order valence-electron chi connectivity index (χ3n) is 1.41. The molecule has 0 unspecified atom stereocenters. The van der Waals surface area contributed by atoms with E-state index in [1.165, 1.54) is 0 Å². The number of H-pyrrole nitrogens is 1. The average Bonchev–Trinajstić information content (AvgIpc) is 2.36. The highest BCUT2D eigenvalue weighted by Gasteiger charge is 1.98. The fraction of sp³-hybridized carbons (Fsp3) is 0.167. The maximum atomic E-state index is 4.06. The summed E-state index contributed by atoms with van der Waals surface area (Å²) in [4.78, 5) is 7.01. The van der Waals surface area contributed by atoms with Crippen molar-refractivity contribution in [1.82, 2.24) is 20.2 Å². The van der Waals surface area contributed by atoms with Crippen LogP contribution in [0.25, 0.3) is 11.0 Å². The van der Waals surface area contributed by atoms with E-state index in [1.54, 1.807) is 12.5 Å². The molecule has 4 nitrogen and oxygen atoms in total. The zero-order valence-electron chi connectivity index (χ0n) is 5.50. The van der Waals surface area contributed by atoms with Gasteiger partial charge in [0.15, 0.2) is 0 Å². The maximum Gasteiger partial charge on any atom is 0.113 e. The summed E-state index contributed by atoms with van der Waals surface area (Å²) in [6, 6.07) is 0. The molecule has 50 valence electrons. The van der Waals surface area contributed by atoms with Gasteiger partial charge in [-0.05, 0) is 6.92 Å². The van der Waals surface area contributed by atoms with Crippen molar-refractivity contribution in [2.75, 3.05) is 0 Å². The lowest BCUT2D eigenvalue weighted by molar-refractivity contribution is 0.997. The molecule has 0 atom stereocenters. The van der Waals surface area contributed by atoms with Gasteiger partial charge in [0.25, 0.3) is 0 Å². The molecule has 1 N–H and O–H groups in total. The summed E-state index contributed by atoms with van der Waals surface area (Å²) in [7, 11) is 0. The van der Waals surface area contributed by atoms with E-state index in [2.05, 4.69) is 20.2 Å². The zero-order valence-corrected chi connectivity index (χ0v) is 5.50. The number of nitrogens with zero attached hydrogens (tertiary/aromatic N) is 3. The molecule has 2 aromatic heterocycles. The number of nitrogens with one attached hydrogen (secondary N) is 1. The van der Waals surface area contributed by atoms with Crippen LogP contribution in [0.5, 0.6) is 0 Å². The summed E-state index contributed by atoms with van der Waals surface area (Å²) < 4.78 is 0. The Hall–Kier alpha value is -1.45. The number of aryl methyl sites for hydroxylation is 1. The highest BCUT2D eigenvalue weighted by atomic mass is 15.1. The first-order chi connectivity index (χ1) is 4.88. The SMILES string of the molecule is Cc1nncc2[nH]cnc12. The molecule has 0 aliphatic rings. The molecule has 0 spiro atoms. The van der Waals surface area contributed by atoms with Crippen LogP contribution in [-0.2, 0) is 0 Å². The minimum absolute atomic E-state index is 0.860. The van der Waals surface area contributed by atoms with Crippen LogP contribution < -0.4 is 0 Å². The predicted octanol–water partition coefficient (Wildman–Crippen LogP) is 0.661. The molecule has 10 heavy (non-hydrogen) atoms. The Balaban J connectivity index is 2.95. The van der Waals surface area contributed by atoms with Crippen LogP contribution in [0.2, 0.25) is 0 Å². The van der Waals surface area contributed by atoms with E-state index in [0.29, 0.717) is 0 Å². The Morgan fingerprint density at radius 2 is 2.40 bits per heavy atom. The smallest absolute Gasteiger partial charge is 0.113 e. The first-order valence-corrected chi connectivity index (χ1v) is 2.99. The van der Waals surface area contributed by atoms with Gasteiger partial charge >= 0.3 is 0 Å². The van der Waals surface area contributed by atoms with Crippen LogP contribution in [0.1, 0.15) is 5.69 Å². The van der Waals surface area contributed by atoms with Gasteiger partial charge in [-0.15, -0.1) is 0 Å². The van der Waals surface area contributed by atoms with Crippen molar-refractivity contribution in [3.63, 3.8) is 0 Å². The summed E-state index contributed by atoms with van der Waals surface area (Å²) >= 11 is 0. The van der Waals surface area contributed by atoms with Gasteiger partial charge in [-0.25, -0.2) is 4.98 Å². The molecule has 0 aromatic carbocycles. The molecule has 2 aromatic rings. The van der Waals surface area contributed by atoms with Gasteiger partial charge in [0, 0.05) is 0 Å². The molecule has 0 aliphatic heterocycles. The van der Waals surface area contributed by atoms with Gasteiger partial charge in [0.1, 0.15) is 5.52 Å². The molecule has 0 radical (unpaired) electrons. The molecule has 2 heterocycles. The molecule has 0 fully saturated rings. The van der Waals surface area contributed by atoms with Crippen molar-refractivity contribution >= 4 is 11.0 Å². The molecule has 4 heteroatoms. The number of aromatic nitrogens is 4. The fourth-order valence-corrected chi connectivity index (χ4v) is 0.912. The lowest BCUT2D eigenvalue weighted by atomic mass is 10.4. The fourth-order valence-electron chi connectivity index (χ4n) is 0.912. The zero-order chi connectivity index (χ0) is 6.97. The largest absolute Gasteiger partial charge is 0.343 e. The lowest BCUT2D eigenvalue weighted by Crippen LogP contribution is -1.85. The molecule has 0 saturated heterocycles. The molecule has 0 saturated carbocycles. The molecular formula is C6H6N4. The quantitative estimate of drug-likeness (QED) is 0.575. The maximum absolute atomic E-state index is 4.06. The van der Waals surface area contributed by atoms with Crippen LogP contribution in [0.15, 0.2) is 12.5 Å². The second kappa shape index (κ2) is 1.76. The monoisotopic (exact) mass is 134 g/mol. The summed E-state index contributed by atoms with van der Waals surface area (Å²) in [5.74, 6) is 0. The third-order valence-corrected chi connectivity index (χ3v) is 1.41. The standard InChI is InChI=1S/C6H6N4/c1-4-6-5(2-9-10-4)7-3-8-6/h2-3H,1H3,(H,7,8). The van der Waals surface area contributed by atoms with E-state index in [-0.39, 0.29) is 0 Å². The van der Waals surface area contributed by atoms with E-state index in [0.717, 1.165) is 16.7 Å². The van der Waals surface area contributed by atoms with Crippen molar-refractivity contribution in [3.05, 3.63) is 18.2 Å². The summed E-state index contributed by atoms with van der Waals surface area (Å²) in [6.07, 6.45) is 3.30. The van der Waals surface area contributed by atoms with Gasteiger partial charge in [-0.3, -0.25) is 0 Å². The summed E-state index contributed by atoms with van der Waals surface area (Å²) in [5, 5.41) is 7.61. The Morgan fingerprint density at radius 1 is 1.50 bits per heavy atom. The van der Waals surface area contributed by atoms with E-state index in [9.17, 15) is 0 Å². The minimum atomic E-state index is 0.860. The normalized spacial score (nSPS) is 10.5. The van der Waals surface area contributed by atoms with E-state index in [1.807, 2.05) is 6.92 Å². The van der Waals surface area contributed by atoms with Gasteiger partial charge in [0.05, 0.1) is 23.7 Å². The first-order valence-electron chi connectivity index (χ1n) is 2.99. The average molecular weight is 134 g/mol. The molecule has 0 amide bonds. The number of aromatic amines is 1. The second-order valence-corrected chi connectivity index (χ2v) is 2.09.